The molecule has 3 nitrogen and oxygen atoms in total. The summed E-state index contributed by atoms with van der Waals surface area (Å²) in [7, 11) is 0. The molecule has 0 bridgehead atoms. The van der Waals surface area contributed by atoms with Gasteiger partial charge in [0, 0.05) is 0 Å². The van der Waals surface area contributed by atoms with Gasteiger partial charge < -0.3 is 9.84 Å². The van der Waals surface area contributed by atoms with Crippen LogP contribution in [0.4, 0.5) is 4.39 Å². The quantitative estimate of drug-likeness (QED) is 0.693. The molecule has 0 saturated heterocycles. The summed E-state index contributed by atoms with van der Waals surface area (Å²) in [5.41, 5.74) is 2.28. The molecular weight excluding hydrogens is 367 g/mol. The lowest BCUT2D eigenvalue weighted by Crippen LogP contribution is -2.51. The molecule has 1 aliphatic heterocycles. The fraction of sp³-hybridized carbons (Fsp3) is 0.400. The van der Waals surface area contributed by atoms with Gasteiger partial charge in [-0.15, -0.1) is 0 Å². The largest absolute Gasteiger partial charge is 0.508 e. The Balaban J connectivity index is 1.84. The van der Waals surface area contributed by atoms with Crippen molar-refractivity contribution >= 4 is 11.4 Å². The lowest BCUT2D eigenvalue weighted by atomic mass is 9.78. The summed E-state index contributed by atoms with van der Waals surface area (Å²) in [6.45, 7) is 5.69. The van der Waals surface area contributed by atoms with E-state index in [0.717, 1.165) is 35.1 Å². The summed E-state index contributed by atoms with van der Waals surface area (Å²) in [4.78, 5) is 13.5. The first-order valence-corrected chi connectivity index (χ1v) is 10.4. The predicted molar refractivity (Wildman–Crippen MR) is 112 cm³/mol. The normalized spacial score (nSPS) is 20.5. The van der Waals surface area contributed by atoms with Gasteiger partial charge in [-0.1, -0.05) is 37.3 Å². The van der Waals surface area contributed by atoms with Crippen LogP contribution in [0, 0.1) is 5.82 Å². The van der Waals surface area contributed by atoms with Crippen molar-refractivity contribution in [2.24, 2.45) is 0 Å². The van der Waals surface area contributed by atoms with Crippen molar-refractivity contribution in [2.75, 3.05) is 0 Å². The number of aliphatic hydroxyl groups is 1. The molecule has 1 aliphatic carbocycles. The number of carbonyl (C=O) groups excluding carboxylic acids is 1. The average Bonchev–Trinajstić information content (AvgIpc) is 3.16. The van der Waals surface area contributed by atoms with Crippen LogP contribution in [-0.2, 0) is 16.0 Å². The second-order valence-electron chi connectivity index (χ2n) is 8.60. The van der Waals surface area contributed by atoms with Crippen LogP contribution in [-0.4, -0.2) is 22.1 Å². The van der Waals surface area contributed by atoms with E-state index in [0.29, 0.717) is 24.8 Å². The van der Waals surface area contributed by atoms with Crippen LogP contribution < -0.4 is 0 Å². The topological polar surface area (TPSA) is 46.5 Å². The SMILES string of the molecule is CCc1cc(-c2ccc(F)cc2)ccc1C1=C(O)C(C)(C)OC2(CCCC2)C1=O. The van der Waals surface area contributed by atoms with Crippen molar-refractivity contribution in [1.29, 1.82) is 0 Å². The van der Waals surface area contributed by atoms with Crippen LogP contribution >= 0.6 is 0 Å². The monoisotopic (exact) mass is 394 g/mol. The highest BCUT2D eigenvalue weighted by atomic mass is 19.1. The molecule has 1 N–H and O–H groups in total. The molecule has 0 atom stereocenters. The zero-order valence-electron chi connectivity index (χ0n) is 17.2. The number of benzene rings is 2. The van der Waals surface area contributed by atoms with Gasteiger partial charge in [0.15, 0.2) is 5.78 Å². The third-order valence-electron chi connectivity index (χ3n) is 6.24. The van der Waals surface area contributed by atoms with Crippen LogP contribution in [0.3, 0.4) is 0 Å². The molecule has 2 aliphatic rings. The molecule has 0 unspecified atom stereocenters. The Hall–Kier alpha value is -2.46. The molecule has 1 fully saturated rings. The molecule has 4 rings (SSSR count). The fourth-order valence-electron chi connectivity index (χ4n) is 4.70. The van der Waals surface area contributed by atoms with Crippen LogP contribution in [0.2, 0.25) is 0 Å². The van der Waals surface area contributed by atoms with Crippen molar-refractivity contribution in [1.82, 2.24) is 0 Å². The number of hydrogen-bond donors (Lipinski definition) is 1. The second kappa shape index (κ2) is 7.10. The van der Waals surface area contributed by atoms with E-state index in [4.69, 9.17) is 4.74 Å². The van der Waals surface area contributed by atoms with Crippen LogP contribution in [0.25, 0.3) is 16.7 Å². The van der Waals surface area contributed by atoms with E-state index in [2.05, 4.69) is 0 Å². The van der Waals surface area contributed by atoms with E-state index in [9.17, 15) is 14.3 Å². The minimum Gasteiger partial charge on any atom is -0.508 e. The predicted octanol–water partition coefficient (Wildman–Crippen LogP) is 6.01. The average molecular weight is 394 g/mol. The van der Waals surface area contributed by atoms with Gasteiger partial charge in [0.05, 0.1) is 5.57 Å². The molecule has 1 spiro atoms. The standard InChI is InChI=1S/C25H27FO3/c1-4-16-15-18(17-7-10-19(26)11-8-17)9-12-20(16)21-22(27)24(2,3)29-25(23(21)28)13-5-6-14-25/h7-12,15,27H,4-6,13-14H2,1-3H3. The molecule has 29 heavy (non-hydrogen) atoms. The first kappa shape index (κ1) is 19.8. The number of halogens is 1. The summed E-state index contributed by atoms with van der Waals surface area (Å²) >= 11 is 0. The molecule has 4 heteroatoms. The van der Waals surface area contributed by atoms with Gasteiger partial charge in [0.25, 0.3) is 0 Å². The van der Waals surface area contributed by atoms with Crippen LogP contribution in [0.15, 0.2) is 48.2 Å². The lowest BCUT2D eigenvalue weighted by Gasteiger charge is -2.42. The van der Waals surface area contributed by atoms with E-state index >= 15 is 0 Å². The highest BCUT2D eigenvalue weighted by Gasteiger charge is 2.53. The van der Waals surface area contributed by atoms with Gasteiger partial charge in [-0.3, -0.25) is 4.79 Å². The van der Waals surface area contributed by atoms with E-state index in [1.807, 2.05) is 39.0 Å². The Morgan fingerprint density at radius 1 is 1.03 bits per heavy atom. The first-order chi connectivity index (χ1) is 13.8. The van der Waals surface area contributed by atoms with Gasteiger partial charge in [0.1, 0.15) is 22.8 Å². The second-order valence-corrected chi connectivity index (χ2v) is 8.60. The Bertz CT molecular complexity index is 980. The van der Waals surface area contributed by atoms with Crippen molar-refractivity contribution in [3.8, 4) is 11.1 Å². The number of Topliss-reactive ketones (excluding diaryl/α,β-unsaturated/α-hetero) is 1. The number of aryl methyl sites for hydroxylation is 1. The maximum Gasteiger partial charge on any atom is 0.198 e. The van der Waals surface area contributed by atoms with Gasteiger partial charge in [-0.05, 0) is 80.3 Å². The van der Waals surface area contributed by atoms with Crippen LogP contribution in [0.5, 0.6) is 0 Å². The van der Waals surface area contributed by atoms with Gasteiger partial charge >= 0.3 is 0 Å². The highest BCUT2D eigenvalue weighted by Crippen LogP contribution is 2.48. The fourth-order valence-corrected chi connectivity index (χ4v) is 4.70. The third kappa shape index (κ3) is 3.29. The first-order valence-electron chi connectivity index (χ1n) is 10.4. The number of ether oxygens (including phenoxy) is 1. The summed E-state index contributed by atoms with van der Waals surface area (Å²) in [5, 5.41) is 11.0. The molecule has 2 aromatic carbocycles. The Morgan fingerprint density at radius 3 is 2.28 bits per heavy atom. The smallest absolute Gasteiger partial charge is 0.198 e. The summed E-state index contributed by atoms with van der Waals surface area (Å²) in [6.07, 6.45) is 4.02. The van der Waals surface area contributed by atoms with Crippen molar-refractivity contribution in [3.63, 3.8) is 0 Å². The van der Waals surface area contributed by atoms with E-state index in [-0.39, 0.29) is 17.4 Å². The number of aliphatic hydroxyl groups excluding tert-OH is 1. The van der Waals surface area contributed by atoms with Crippen LogP contribution in [0.1, 0.15) is 57.6 Å². The maximum atomic E-state index is 13.5. The maximum absolute atomic E-state index is 13.5. The molecular formula is C25H27FO3. The molecule has 0 amide bonds. The lowest BCUT2D eigenvalue weighted by molar-refractivity contribution is -0.165. The highest BCUT2D eigenvalue weighted by molar-refractivity contribution is 6.26. The Morgan fingerprint density at radius 2 is 1.66 bits per heavy atom. The summed E-state index contributed by atoms with van der Waals surface area (Å²) in [6, 6.07) is 12.2. The third-order valence-corrected chi connectivity index (χ3v) is 6.24. The Labute approximate surface area is 171 Å². The van der Waals surface area contributed by atoms with E-state index < -0.39 is 11.2 Å². The van der Waals surface area contributed by atoms with Gasteiger partial charge in [-0.25, -0.2) is 4.39 Å². The molecule has 2 aromatic rings. The number of rotatable bonds is 3. The van der Waals surface area contributed by atoms with Gasteiger partial charge in [0.2, 0.25) is 0 Å². The van der Waals surface area contributed by atoms with Crippen molar-refractivity contribution in [2.45, 2.75) is 64.1 Å². The minimum atomic E-state index is -0.909. The van der Waals surface area contributed by atoms with Gasteiger partial charge in [-0.2, -0.15) is 0 Å². The minimum absolute atomic E-state index is 0.00394. The van der Waals surface area contributed by atoms with Crippen molar-refractivity contribution in [3.05, 3.63) is 65.2 Å². The summed E-state index contributed by atoms with van der Waals surface area (Å²) in [5.74, 6) is -0.367. The number of carbonyl (C=O) groups is 1. The molecule has 0 radical (unpaired) electrons. The number of hydrogen-bond acceptors (Lipinski definition) is 3. The zero-order chi connectivity index (χ0) is 20.8. The van der Waals surface area contributed by atoms with Crippen molar-refractivity contribution < 1.29 is 19.0 Å². The molecule has 1 saturated carbocycles. The van der Waals surface area contributed by atoms with E-state index in [1.54, 1.807) is 12.1 Å². The Kier molecular flexibility index (Phi) is 4.86. The number of ketones is 1. The summed E-state index contributed by atoms with van der Waals surface area (Å²) < 4.78 is 19.5. The molecule has 152 valence electrons. The molecule has 1 heterocycles. The zero-order valence-corrected chi connectivity index (χ0v) is 17.2. The van der Waals surface area contributed by atoms with E-state index in [1.165, 1.54) is 12.1 Å². The molecule has 0 aromatic heterocycles.